The summed E-state index contributed by atoms with van der Waals surface area (Å²) in [6.45, 7) is 6.67. The van der Waals surface area contributed by atoms with Gasteiger partial charge in [-0.1, -0.05) is 13.8 Å². The van der Waals surface area contributed by atoms with Crippen LogP contribution in [0.5, 0.6) is 0 Å². The van der Waals surface area contributed by atoms with Crippen LogP contribution in [0.1, 0.15) is 13.8 Å². The maximum Gasteiger partial charge on any atom is 0.160 e. The molecule has 1 rings (SSSR count). The minimum absolute atomic E-state index is 0.307. The summed E-state index contributed by atoms with van der Waals surface area (Å²) >= 11 is 0. The van der Waals surface area contributed by atoms with Gasteiger partial charge in [0.25, 0.3) is 0 Å². The van der Waals surface area contributed by atoms with E-state index in [1.54, 1.807) is 0 Å². The lowest BCUT2D eigenvalue weighted by Gasteiger charge is -2.22. The first-order valence-corrected chi connectivity index (χ1v) is 6.16. The molecule has 0 aliphatic rings. The van der Waals surface area contributed by atoms with Crippen LogP contribution in [0.25, 0.3) is 0 Å². The molecule has 0 aromatic heterocycles. The fourth-order valence-corrected chi connectivity index (χ4v) is 1.69. The van der Waals surface area contributed by atoms with Crippen molar-refractivity contribution in [1.82, 2.24) is 4.90 Å². The number of likely N-dealkylation sites (N-methyl/N-ethyl adjacent to an activating group) is 1. The second-order valence-electron chi connectivity index (χ2n) is 4.15. The van der Waals surface area contributed by atoms with Gasteiger partial charge in [-0.3, -0.25) is 0 Å². The lowest BCUT2D eigenvalue weighted by Crippen LogP contribution is -2.35. The van der Waals surface area contributed by atoms with Gasteiger partial charge >= 0.3 is 0 Å². The predicted octanol–water partition coefficient (Wildman–Crippen LogP) is 2.08. The summed E-state index contributed by atoms with van der Waals surface area (Å²) in [6, 6.07) is 3.59. The molecule has 1 atom stereocenters. The van der Waals surface area contributed by atoms with E-state index in [9.17, 15) is 13.9 Å². The van der Waals surface area contributed by atoms with Crippen molar-refractivity contribution in [2.45, 2.75) is 20.0 Å². The first-order valence-electron chi connectivity index (χ1n) is 6.16. The average molecular weight is 258 g/mol. The van der Waals surface area contributed by atoms with Gasteiger partial charge in [0.15, 0.2) is 11.6 Å². The van der Waals surface area contributed by atoms with Gasteiger partial charge in [-0.25, -0.2) is 8.78 Å². The molecule has 3 nitrogen and oxygen atoms in total. The quantitative estimate of drug-likeness (QED) is 0.786. The lowest BCUT2D eigenvalue weighted by atomic mass is 10.2. The Labute approximate surface area is 106 Å². The van der Waals surface area contributed by atoms with Crippen LogP contribution in [0.15, 0.2) is 18.2 Å². The van der Waals surface area contributed by atoms with Crippen molar-refractivity contribution < 1.29 is 13.9 Å². The molecule has 102 valence electrons. The van der Waals surface area contributed by atoms with Gasteiger partial charge in [0.2, 0.25) is 0 Å². The van der Waals surface area contributed by atoms with E-state index in [0.29, 0.717) is 18.8 Å². The molecule has 0 saturated heterocycles. The zero-order chi connectivity index (χ0) is 13.5. The topological polar surface area (TPSA) is 35.5 Å². The molecule has 2 N–H and O–H groups in total. The molecule has 1 aromatic rings. The van der Waals surface area contributed by atoms with Crippen LogP contribution >= 0.6 is 0 Å². The molecule has 0 amide bonds. The van der Waals surface area contributed by atoms with E-state index < -0.39 is 17.7 Å². The van der Waals surface area contributed by atoms with Gasteiger partial charge in [-0.05, 0) is 25.2 Å². The van der Waals surface area contributed by atoms with Crippen LogP contribution in [0, 0.1) is 11.6 Å². The Hall–Kier alpha value is -1.20. The molecule has 0 radical (unpaired) electrons. The van der Waals surface area contributed by atoms with Gasteiger partial charge in [-0.15, -0.1) is 0 Å². The Balaban J connectivity index is 2.42. The second-order valence-corrected chi connectivity index (χ2v) is 4.15. The highest BCUT2D eigenvalue weighted by Crippen LogP contribution is 2.12. The molecule has 18 heavy (non-hydrogen) atoms. The van der Waals surface area contributed by atoms with Crippen molar-refractivity contribution in [3.63, 3.8) is 0 Å². The Morgan fingerprint density at radius 1 is 1.22 bits per heavy atom. The number of halogens is 2. The summed E-state index contributed by atoms with van der Waals surface area (Å²) < 4.78 is 25.6. The van der Waals surface area contributed by atoms with Crippen molar-refractivity contribution in [1.29, 1.82) is 0 Å². The standard InChI is InChI=1S/C13H20F2N2O/c1-3-17(4-2)9-11(18)8-16-10-5-6-12(14)13(15)7-10/h5-7,11,16,18H,3-4,8-9H2,1-2H3. The summed E-state index contributed by atoms with van der Waals surface area (Å²) in [5.41, 5.74) is 0.465. The average Bonchev–Trinajstić information content (AvgIpc) is 2.37. The number of hydrogen-bond donors (Lipinski definition) is 2. The molecular formula is C13H20F2N2O. The number of benzene rings is 1. The van der Waals surface area contributed by atoms with Crippen LogP contribution in [0.3, 0.4) is 0 Å². The minimum atomic E-state index is -0.891. The number of anilines is 1. The van der Waals surface area contributed by atoms with Crippen LogP contribution in [-0.4, -0.2) is 42.3 Å². The Bertz CT molecular complexity index is 370. The molecule has 0 aliphatic heterocycles. The molecular weight excluding hydrogens is 238 g/mol. The van der Waals surface area contributed by atoms with Gasteiger partial charge in [-0.2, -0.15) is 0 Å². The van der Waals surface area contributed by atoms with Crippen LogP contribution in [0.4, 0.5) is 14.5 Å². The lowest BCUT2D eigenvalue weighted by molar-refractivity contribution is 0.128. The number of rotatable bonds is 7. The monoisotopic (exact) mass is 258 g/mol. The van der Waals surface area contributed by atoms with E-state index in [4.69, 9.17) is 0 Å². The largest absolute Gasteiger partial charge is 0.390 e. The molecule has 1 unspecified atom stereocenters. The number of aliphatic hydroxyl groups excluding tert-OH is 1. The van der Waals surface area contributed by atoms with Crippen molar-refractivity contribution in [2.24, 2.45) is 0 Å². The summed E-state index contributed by atoms with van der Waals surface area (Å²) in [5, 5.41) is 12.7. The Morgan fingerprint density at radius 2 is 1.89 bits per heavy atom. The van der Waals surface area contributed by atoms with Gasteiger partial charge < -0.3 is 15.3 Å². The van der Waals surface area contributed by atoms with E-state index in [1.165, 1.54) is 6.07 Å². The summed E-state index contributed by atoms with van der Waals surface area (Å²) in [6.07, 6.45) is -0.544. The van der Waals surface area contributed by atoms with Crippen molar-refractivity contribution in [3.05, 3.63) is 29.8 Å². The Morgan fingerprint density at radius 3 is 2.44 bits per heavy atom. The summed E-state index contributed by atoms with van der Waals surface area (Å²) in [4.78, 5) is 2.09. The van der Waals surface area contributed by atoms with Gasteiger partial charge in [0.1, 0.15) is 0 Å². The van der Waals surface area contributed by atoms with Crippen molar-refractivity contribution in [2.75, 3.05) is 31.5 Å². The fraction of sp³-hybridized carbons (Fsp3) is 0.538. The number of nitrogens with zero attached hydrogens (tertiary/aromatic N) is 1. The fourth-order valence-electron chi connectivity index (χ4n) is 1.69. The number of aliphatic hydroxyl groups is 1. The van der Waals surface area contributed by atoms with Crippen LogP contribution < -0.4 is 5.32 Å². The highest BCUT2D eigenvalue weighted by Gasteiger charge is 2.09. The third kappa shape index (κ3) is 4.58. The van der Waals surface area contributed by atoms with E-state index in [0.717, 1.165) is 25.2 Å². The molecule has 0 aliphatic carbocycles. The smallest absolute Gasteiger partial charge is 0.160 e. The first kappa shape index (κ1) is 14.9. The van der Waals surface area contributed by atoms with Crippen molar-refractivity contribution in [3.8, 4) is 0 Å². The molecule has 0 bridgehead atoms. The van der Waals surface area contributed by atoms with E-state index in [1.807, 2.05) is 13.8 Å². The third-order valence-electron chi connectivity index (χ3n) is 2.82. The highest BCUT2D eigenvalue weighted by molar-refractivity contribution is 5.43. The third-order valence-corrected chi connectivity index (χ3v) is 2.82. The Kier molecular flexibility index (Phi) is 6.01. The van der Waals surface area contributed by atoms with E-state index in [2.05, 4.69) is 10.2 Å². The van der Waals surface area contributed by atoms with Crippen LogP contribution in [0.2, 0.25) is 0 Å². The normalized spacial score (nSPS) is 12.8. The maximum atomic E-state index is 12.9. The highest BCUT2D eigenvalue weighted by atomic mass is 19.2. The molecule has 0 heterocycles. The van der Waals surface area contributed by atoms with Gasteiger partial charge in [0.05, 0.1) is 6.10 Å². The first-order chi connectivity index (χ1) is 8.56. The second kappa shape index (κ2) is 7.28. The molecule has 0 saturated carbocycles. The minimum Gasteiger partial charge on any atom is -0.390 e. The number of nitrogens with one attached hydrogen (secondary N) is 1. The zero-order valence-corrected chi connectivity index (χ0v) is 10.8. The molecule has 5 heteroatoms. The van der Waals surface area contributed by atoms with Crippen molar-refractivity contribution >= 4 is 5.69 Å². The van der Waals surface area contributed by atoms with Crippen LogP contribution in [-0.2, 0) is 0 Å². The summed E-state index contributed by atoms with van der Waals surface area (Å²) in [7, 11) is 0. The zero-order valence-electron chi connectivity index (χ0n) is 10.8. The molecule has 1 aromatic carbocycles. The maximum absolute atomic E-state index is 12.9. The van der Waals surface area contributed by atoms with E-state index >= 15 is 0 Å². The number of hydrogen-bond acceptors (Lipinski definition) is 3. The van der Waals surface area contributed by atoms with E-state index in [-0.39, 0.29) is 0 Å². The summed E-state index contributed by atoms with van der Waals surface area (Å²) in [5.74, 6) is -1.76. The van der Waals surface area contributed by atoms with Gasteiger partial charge in [0, 0.05) is 24.8 Å². The SMILES string of the molecule is CCN(CC)CC(O)CNc1ccc(F)c(F)c1. The molecule has 0 fully saturated rings. The predicted molar refractivity (Wildman–Crippen MR) is 68.6 cm³/mol. The molecule has 0 spiro atoms.